The van der Waals surface area contributed by atoms with E-state index in [0.29, 0.717) is 0 Å². The van der Waals surface area contributed by atoms with Gasteiger partial charge in [0, 0.05) is 22.5 Å². The summed E-state index contributed by atoms with van der Waals surface area (Å²) < 4.78 is 0. The standard InChI is InChI=1S/C55H45NS/c1-54(2)48-18-10-6-14-42(48)46-32-28-39(34-52(46)54)56(38-26-22-36(23-27-38)37-24-30-41(31-25-37)57(3,4)5)40-29-33-47-45-17-9-13-21-51(45)55(53(47)35-40)49-19-11-7-15-43(49)44-16-8-12-20-50(44)55/h6-35H,1-5H3. The van der Waals surface area contributed by atoms with E-state index in [1.807, 2.05) is 0 Å². The third-order valence-electron chi connectivity index (χ3n) is 13.1. The minimum absolute atomic E-state index is 0.112. The molecule has 0 amide bonds. The number of benzene rings is 8. The molecule has 0 atom stereocenters. The van der Waals surface area contributed by atoms with Crippen molar-refractivity contribution in [1.82, 2.24) is 0 Å². The van der Waals surface area contributed by atoms with E-state index in [2.05, 4.69) is 220 Å². The summed E-state index contributed by atoms with van der Waals surface area (Å²) in [6.07, 6.45) is 7.07. The molecule has 0 saturated heterocycles. The van der Waals surface area contributed by atoms with Gasteiger partial charge >= 0.3 is 0 Å². The van der Waals surface area contributed by atoms with Gasteiger partial charge in [0.2, 0.25) is 0 Å². The Balaban J connectivity index is 1.12. The molecule has 0 aliphatic heterocycles. The largest absolute Gasteiger partial charge is 0.310 e. The van der Waals surface area contributed by atoms with E-state index in [4.69, 9.17) is 0 Å². The van der Waals surface area contributed by atoms with E-state index in [0.717, 1.165) is 17.1 Å². The van der Waals surface area contributed by atoms with Crippen LogP contribution in [0.15, 0.2) is 187 Å². The van der Waals surface area contributed by atoms with Gasteiger partial charge in [0.05, 0.1) is 5.41 Å². The summed E-state index contributed by atoms with van der Waals surface area (Å²) in [6, 6.07) is 68.9. The number of rotatable bonds is 5. The van der Waals surface area contributed by atoms with Crippen LogP contribution in [0.25, 0.3) is 44.5 Å². The van der Waals surface area contributed by atoms with Crippen LogP contribution in [0.5, 0.6) is 0 Å². The molecule has 3 aliphatic carbocycles. The van der Waals surface area contributed by atoms with Gasteiger partial charge in [-0.3, -0.25) is 0 Å². The molecule has 11 rings (SSSR count). The smallest absolute Gasteiger partial charge is 0.0726 e. The molecule has 0 heterocycles. The maximum Gasteiger partial charge on any atom is 0.0726 e. The van der Waals surface area contributed by atoms with Gasteiger partial charge in [0.1, 0.15) is 0 Å². The lowest BCUT2D eigenvalue weighted by atomic mass is 9.70. The summed E-state index contributed by atoms with van der Waals surface area (Å²) in [5, 5.41) is 0. The maximum absolute atomic E-state index is 2.50. The second-order valence-electron chi connectivity index (χ2n) is 17.3. The van der Waals surface area contributed by atoms with Crippen LogP contribution < -0.4 is 4.90 Å². The lowest BCUT2D eigenvalue weighted by molar-refractivity contribution is 0.660. The van der Waals surface area contributed by atoms with E-state index in [1.54, 1.807) is 0 Å². The highest BCUT2D eigenvalue weighted by Crippen LogP contribution is 2.63. The summed E-state index contributed by atoms with van der Waals surface area (Å²) in [6.45, 7) is 4.75. The molecule has 0 saturated carbocycles. The van der Waals surface area contributed by atoms with Crippen LogP contribution in [-0.4, -0.2) is 18.8 Å². The lowest BCUT2D eigenvalue weighted by Crippen LogP contribution is -2.26. The monoisotopic (exact) mass is 751 g/mol. The van der Waals surface area contributed by atoms with E-state index < -0.39 is 15.4 Å². The van der Waals surface area contributed by atoms with Gasteiger partial charge in [-0.25, -0.2) is 10.0 Å². The zero-order chi connectivity index (χ0) is 38.7. The van der Waals surface area contributed by atoms with Crippen molar-refractivity contribution in [3.8, 4) is 44.5 Å². The van der Waals surface area contributed by atoms with Crippen molar-refractivity contribution in [3.05, 3.63) is 215 Å². The van der Waals surface area contributed by atoms with Crippen LogP contribution >= 0.6 is 10.0 Å². The Hall–Kier alpha value is -6.09. The van der Waals surface area contributed by atoms with E-state index in [-0.39, 0.29) is 5.41 Å². The Labute approximate surface area is 338 Å². The number of hydrogen-bond donors (Lipinski definition) is 0. The summed E-state index contributed by atoms with van der Waals surface area (Å²) in [7, 11) is -0.781. The first-order valence-electron chi connectivity index (χ1n) is 20.0. The second-order valence-corrected chi connectivity index (χ2v) is 21.4. The topological polar surface area (TPSA) is 3.24 Å². The SMILES string of the molecule is CC1(C)c2ccccc2-c2ccc(N(c3ccc(-c4ccc(S(C)(C)C)cc4)cc3)c3ccc4c(c3)C3(c5ccccc5-c5ccccc53)c3ccccc3-4)cc21. The highest BCUT2D eigenvalue weighted by atomic mass is 32.3. The molecular formula is C55H45NS. The van der Waals surface area contributed by atoms with Gasteiger partial charge < -0.3 is 4.90 Å². The molecule has 1 nitrogen and oxygen atoms in total. The molecule has 8 aromatic carbocycles. The van der Waals surface area contributed by atoms with Crippen LogP contribution in [0.2, 0.25) is 0 Å². The molecule has 0 radical (unpaired) electrons. The summed E-state index contributed by atoms with van der Waals surface area (Å²) >= 11 is 0. The van der Waals surface area contributed by atoms with Crippen LogP contribution in [-0.2, 0) is 10.8 Å². The molecular weight excluding hydrogens is 707 g/mol. The average Bonchev–Trinajstić information content (AvgIpc) is 3.79. The molecule has 0 unspecified atom stereocenters. The fraction of sp³-hybridized carbons (Fsp3) is 0.127. The van der Waals surface area contributed by atoms with Gasteiger partial charge in [0.15, 0.2) is 0 Å². The Morgan fingerprint density at radius 2 is 0.719 bits per heavy atom. The van der Waals surface area contributed by atoms with Gasteiger partial charge in [-0.2, -0.15) is 0 Å². The van der Waals surface area contributed by atoms with Gasteiger partial charge in [-0.15, -0.1) is 0 Å². The van der Waals surface area contributed by atoms with Crippen molar-refractivity contribution >= 4 is 27.1 Å². The van der Waals surface area contributed by atoms with Crippen LogP contribution in [0.3, 0.4) is 0 Å². The molecule has 1 spiro atoms. The van der Waals surface area contributed by atoms with E-state index >= 15 is 0 Å². The van der Waals surface area contributed by atoms with Crippen molar-refractivity contribution in [2.24, 2.45) is 0 Å². The van der Waals surface area contributed by atoms with E-state index in [9.17, 15) is 0 Å². The van der Waals surface area contributed by atoms with Gasteiger partial charge in [-0.05, 0) is 150 Å². The van der Waals surface area contributed by atoms with Crippen molar-refractivity contribution in [3.63, 3.8) is 0 Å². The van der Waals surface area contributed by atoms with Crippen LogP contribution in [0, 0.1) is 0 Å². The summed E-state index contributed by atoms with van der Waals surface area (Å²) in [5.41, 5.74) is 21.5. The predicted molar refractivity (Wildman–Crippen MR) is 244 cm³/mol. The Morgan fingerprint density at radius 1 is 0.351 bits per heavy atom. The minimum Gasteiger partial charge on any atom is -0.310 e. The normalized spacial score (nSPS) is 15.0. The Morgan fingerprint density at radius 3 is 1.21 bits per heavy atom. The first kappa shape index (κ1) is 34.2. The number of fused-ring (bicyclic) bond motifs is 13. The lowest BCUT2D eigenvalue weighted by Gasteiger charge is -2.32. The number of nitrogens with zero attached hydrogens (tertiary/aromatic N) is 1. The highest BCUT2D eigenvalue weighted by molar-refractivity contribution is 8.32. The number of anilines is 3. The Bertz CT molecular complexity index is 2840. The molecule has 276 valence electrons. The third-order valence-corrected chi connectivity index (χ3v) is 14.8. The first-order valence-corrected chi connectivity index (χ1v) is 22.9. The molecule has 57 heavy (non-hydrogen) atoms. The first-order chi connectivity index (χ1) is 27.7. The fourth-order valence-electron chi connectivity index (χ4n) is 10.4. The summed E-state index contributed by atoms with van der Waals surface area (Å²) in [5.74, 6) is 0. The fourth-order valence-corrected chi connectivity index (χ4v) is 11.3. The molecule has 0 fully saturated rings. The van der Waals surface area contributed by atoms with Crippen molar-refractivity contribution in [1.29, 1.82) is 0 Å². The number of hydrogen-bond acceptors (Lipinski definition) is 1. The maximum atomic E-state index is 2.50. The average molecular weight is 752 g/mol. The van der Waals surface area contributed by atoms with Crippen LogP contribution in [0.1, 0.15) is 47.2 Å². The third kappa shape index (κ3) is 4.84. The molecule has 0 N–H and O–H groups in total. The zero-order valence-electron chi connectivity index (χ0n) is 33.2. The van der Waals surface area contributed by atoms with Crippen LogP contribution in [0.4, 0.5) is 17.1 Å². The molecule has 8 aromatic rings. The predicted octanol–water partition coefficient (Wildman–Crippen LogP) is 14.5. The Kier molecular flexibility index (Phi) is 7.32. The van der Waals surface area contributed by atoms with Crippen molar-refractivity contribution in [2.75, 3.05) is 23.7 Å². The molecule has 0 bridgehead atoms. The summed E-state index contributed by atoms with van der Waals surface area (Å²) in [4.78, 5) is 3.92. The zero-order valence-corrected chi connectivity index (χ0v) is 34.0. The molecule has 2 heteroatoms. The molecule has 0 aromatic heterocycles. The quantitative estimate of drug-likeness (QED) is 0.169. The van der Waals surface area contributed by atoms with Gasteiger partial charge in [-0.1, -0.05) is 147 Å². The highest BCUT2D eigenvalue weighted by Gasteiger charge is 2.51. The second kappa shape index (κ2) is 12.2. The van der Waals surface area contributed by atoms with Crippen molar-refractivity contribution in [2.45, 2.75) is 29.6 Å². The van der Waals surface area contributed by atoms with Gasteiger partial charge in [0.25, 0.3) is 0 Å². The van der Waals surface area contributed by atoms with Crippen molar-refractivity contribution < 1.29 is 0 Å². The minimum atomic E-state index is -0.781. The van der Waals surface area contributed by atoms with E-state index in [1.165, 1.54) is 82.8 Å². The molecule has 3 aliphatic rings.